The standard InChI is InChI=1S/C19H13BrCl2N4O3/c20-14-2-5-18(29-11-12-1-4-16(21)17(22)7-12)13(8-14)9-24-25-19-6-3-15(10-23-19)26(27)28/h1-10H,11H2,(H,23,25)/b24-9+. The second-order valence-corrected chi connectivity index (χ2v) is 7.48. The third-order valence-electron chi connectivity index (χ3n) is 3.69. The Morgan fingerprint density at radius 3 is 2.69 bits per heavy atom. The Hall–Kier alpha value is -2.68. The van der Waals surface area contributed by atoms with Crippen LogP contribution in [0.1, 0.15) is 11.1 Å². The molecule has 10 heteroatoms. The fourth-order valence-corrected chi connectivity index (χ4v) is 2.97. The van der Waals surface area contributed by atoms with Crippen molar-refractivity contribution in [3.05, 3.63) is 90.5 Å². The number of nitrogens with zero attached hydrogens (tertiary/aromatic N) is 3. The van der Waals surface area contributed by atoms with Gasteiger partial charge in [-0.3, -0.25) is 15.5 Å². The number of nitro groups is 1. The lowest BCUT2D eigenvalue weighted by Gasteiger charge is -2.10. The van der Waals surface area contributed by atoms with Gasteiger partial charge in [-0.25, -0.2) is 4.98 Å². The van der Waals surface area contributed by atoms with Crippen molar-refractivity contribution in [1.29, 1.82) is 0 Å². The molecule has 29 heavy (non-hydrogen) atoms. The van der Waals surface area contributed by atoms with Gasteiger partial charge in [-0.1, -0.05) is 45.2 Å². The Morgan fingerprint density at radius 1 is 1.17 bits per heavy atom. The molecule has 0 saturated heterocycles. The minimum atomic E-state index is -0.515. The molecule has 3 rings (SSSR count). The first kappa shape index (κ1) is 21.0. The summed E-state index contributed by atoms with van der Waals surface area (Å²) in [6.07, 6.45) is 2.72. The first-order chi connectivity index (χ1) is 13.9. The lowest BCUT2D eigenvalue weighted by atomic mass is 10.2. The van der Waals surface area contributed by atoms with Gasteiger partial charge in [0, 0.05) is 16.1 Å². The van der Waals surface area contributed by atoms with E-state index in [1.54, 1.807) is 18.3 Å². The minimum Gasteiger partial charge on any atom is -0.488 e. The van der Waals surface area contributed by atoms with E-state index in [-0.39, 0.29) is 5.69 Å². The number of nitrogens with one attached hydrogen (secondary N) is 1. The van der Waals surface area contributed by atoms with Crippen molar-refractivity contribution in [2.75, 3.05) is 5.43 Å². The lowest BCUT2D eigenvalue weighted by molar-refractivity contribution is -0.385. The smallest absolute Gasteiger partial charge is 0.287 e. The van der Waals surface area contributed by atoms with Gasteiger partial charge in [0.05, 0.1) is 21.2 Å². The van der Waals surface area contributed by atoms with Gasteiger partial charge in [-0.15, -0.1) is 0 Å². The molecule has 2 aromatic carbocycles. The number of aromatic nitrogens is 1. The fourth-order valence-electron chi connectivity index (χ4n) is 2.27. The van der Waals surface area contributed by atoms with Gasteiger partial charge in [0.25, 0.3) is 5.69 Å². The van der Waals surface area contributed by atoms with Crippen LogP contribution < -0.4 is 10.2 Å². The third-order valence-corrected chi connectivity index (χ3v) is 4.92. The van der Waals surface area contributed by atoms with Crippen LogP contribution in [-0.4, -0.2) is 16.1 Å². The van der Waals surface area contributed by atoms with Gasteiger partial charge >= 0.3 is 0 Å². The molecule has 1 heterocycles. The van der Waals surface area contributed by atoms with Crippen LogP contribution in [0.25, 0.3) is 0 Å². The summed E-state index contributed by atoms with van der Waals surface area (Å²) in [7, 11) is 0. The second-order valence-electron chi connectivity index (χ2n) is 5.75. The molecule has 0 spiro atoms. The van der Waals surface area contributed by atoms with Gasteiger partial charge in [0.2, 0.25) is 0 Å². The van der Waals surface area contributed by atoms with E-state index < -0.39 is 4.92 Å². The largest absolute Gasteiger partial charge is 0.488 e. The predicted molar refractivity (Wildman–Crippen MR) is 117 cm³/mol. The summed E-state index contributed by atoms with van der Waals surface area (Å²) < 4.78 is 6.74. The Morgan fingerprint density at radius 2 is 2.00 bits per heavy atom. The third kappa shape index (κ3) is 5.90. The van der Waals surface area contributed by atoms with E-state index >= 15 is 0 Å². The highest BCUT2D eigenvalue weighted by atomic mass is 79.9. The van der Waals surface area contributed by atoms with Crippen LogP contribution in [0.15, 0.2) is 64.3 Å². The van der Waals surface area contributed by atoms with E-state index in [1.165, 1.54) is 12.1 Å². The molecule has 0 bridgehead atoms. The number of benzene rings is 2. The maximum Gasteiger partial charge on any atom is 0.287 e. The number of anilines is 1. The number of hydrogen-bond donors (Lipinski definition) is 1. The Labute approximate surface area is 184 Å². The molecule has 0 radical (unpaired) electrons. The summed E-state index contributed by atoms with van der Waals surface area (Å²) in [6.45, 7) is 0.302. The van der Waals surface area contributed by atoms with Crippen LogP contribution in [0.2, 0.25) is 10.0 Å². The van der Waals surface area contributed by atoms with Crippen molar-refractivity contribution in [2.45, 2.75) is 6.61 Å². The number of pyridine rings is 1. The zero-order valence-corrected chi connectivity index (χ0v) is 17.8. The summed E-state index contributed by atoms with van der Waals surface area (Å²) in [5.41, 5.74) is 4.22. The van der Waals surface area contributed by atoms with Gasteiger partial charge < -0.3 is 4.74 Å². The van der Waals surface area contributed by atoms with Crippen LogP contribution in [0.3, 0.4) is 0 Å². The summed E-state index contributed by atoms with van der Waals surface area (Å²) in [5, 5.41) is 15.7. The van der Waals surface area contributed by atoms with Crippen LogP contribution in [0.5, 0.6) is 5.75 Å². The van der Waals surface area contributed by atoms with E-state index in [0.717, 1.165) is 16.2 Å². The number of rotatable bonds is 7. The topological polar surface area (TPSA) is 89.7 Å². The molecule has 148 valence electrons. The van der Waals surface area contributed by atoms with Crippen molar-refractivity contribution < 1.29 is 9.66 Å². The summed E-state index contributed by atoms with van der Waals surface area (Å²) in [5.74, 6) is 0.988. The molecule has 0 amide bonds. The van der Waals surface area contributed by atoms with Crippen molar-refractivity contribution in [1.82, 2.24) is 4.98 Å². The average molecular weight is 496 g/mol. The summed E-state index contributed by atoms with van der Waals surface area (Å²) in [4.78, 5) is 14.1. The molecule has 0 atom stereocenters. The van der Waals surface area contributed by atoms with Crippen LogP contribution >= 0.6 is 39.1 Å². The number of hydrazone groups is 1. The number of halogens is 3. The van der Waals surface area contributed by atoms with E-state index in [4.69, 9.17) is 27.9 Å². The van der Waals surface area contributed by atoms with Gasteiger partial charge in [0.15, 0.2) is 0 Å². The zero-order valence-electron chi connectivity index (χ0n) is 14.7. The highest BCUT2D eigenvalue weighted by molar-refractivity contribution is 9.10. The molecule has 3 aromatic rings. The molecular formula is C19H13BrCl2N4O3. The maximum atomic E-state index is 10.7. The molecule has 1 N–H and O–H groups in total. The molecular weight excluding hydrogens is 483 g/mol. The van der Waals surface area contributed by atoms with Gasteiger partial charge in [-0.2, -0.15) is 5.10 Å². The van der Waals surface area contributed by atoms with E-state index in [1.807, 2.05) is 24.3 Å². The van der Waals surface area contributed by atoms with Crippen LogP contribution in [-0.2, 0) is 6.61 Å². The highest BCUT2D eigenvalue weighted by Gasteiger charge is 2.06. The summed E-state index contributed by atoms with van der Waals surface area (Å²) >= 11 is 15.4. The molecule has 0 aliphatic carbocycles. The Kier molecular flexibility index (Phi) is 7.03. The van der Waals surface area contributed by atoms with Crippen LogP contribution in [0, 0.1) is 10.1 Å². The van der Waals surface area contributed by atoms with Crippen molar-refractivity contribution in [3.63, 3.8) is 0 Å². The Balaban J connectivity index is 1.69. The maximum absolute atomic E-state index is 10.7. The van der Waals surface area contributed by atoms with Crippen LogP contribution in [0.4, 0.5) is 11.5 Å². The molecule has 0 saturated carbocycles. The predicted octanol–water partition coefficient (Wildman–Crippen LogP) is 6.08. The molecule has 0 aliphatic rings. The number of ether oxygens (including phenoxy) is 1. The molecule has 0 fully saturated rings. The summed E-state index contributed by atoms with van der Waals surface area (Å²) in [6, 6.07) is 13.6. The fraction of sp³-hybridized carbons (Fsp3) is 0.0526. The van der Waals surface area contributed by atoms with E-state index in [9.17, 15) is 10.1 Å². The lowest BCUT2D eigenvalue weighted by Crippen LogP contribution is -2.00. The normalized spacial score (nSPS) is 10.9. The van der Waals surface area contributed by atoms with Crippen molar-refractivity contribution >= 4 is 56.9 Å². The number of hydrogen-bond acceptors (Lipinski definition) is 6. The average Bonchev–Trinajstić information content (AvgIpc) is 2.70. The van der Waals surface area contributed by atoms with Gasteiger partial charge in [-0.05, 0) is 42.0 Å². The van der Waals surface area contributed by atoms with E-state index in [0.29, 0.717) is 33.8 Å². The first-order valence-electron chi connectivity index (χ1n) is 8.18. The van der Waals surface area contributed by atoms with E-state index in [2.05, 4.69) is 31.4 Å². The molecule has 0 unspecified atom stereocenters. The minimum absolute atomic E-state index is 0.0930. The first-order valence-corrected chi connectivity index (χ1v) is 9.73. The monoisotopic (exact) mass is 494 g/mol. The molecule has 7 nitrogen and oxygen atoms in total. The highest BCUT2D eigenvalue weighted by Crippen LogP contribution is 2.25. The second kappa shape index (κ2) is 9.69. The molecule has 1 aromatic heterocycles. The van der Waals surface area contributed by atoms with Crippen molar-refractivity contribution in [2.24, 2.45) is 5.10 Å². The SMILES string of the molecule is O=[N+]([O-])c1ccc(N/N=C/c2cc(Br)ccc2OCc2ccc(Cl)c(Cl)c2)nc1. The molecule has 0 aliphatic heterocycles. The van der Waals surface area contributed by atoms with Crippen molar-refractivity contribution in [3.8, 4) is 5.75 Å². The Bertz CT molecular complexity index is 1060. The van der Waals surface area contributed by atoms with Gasteiger partial charge in [0.1, 0.15) is 24.4 Å². The quantitative estimate of drug-likeness (QED) is 0.243. The zero-order chi connectivity index (χ0) is 20.8.